The lowest BCUT2D eigenvalue weighted by atomic mass is 9.84. The zero-order valence-electron chi connectivity index (χ0n) is 16.0. The number of amides is 2. The van der Waals surface area contributed by atoms with E-state index in [2.05, 4.69) is 5.32 Å². The minimum atomic E-state index is -0.402. The summed E-state index contributed by atoms with van der Waals surface area (Å²) in [5.74, 6) is 0.280. The molecule has 1 heterocycles. The van der Waals surface area contributed by atoms with Crippen molar-refractivity contribution in [3.05, 3.63) is 72.3 Å². The van der Waals surface area contributed by atoms with E-state index >= 15 is 0 Å². The molecule has 4 nitrogen and oxygen atoms in total. The van der Waals surface area contributed by atoms with Gasteiger partial charge >= 0.3 is 0 Å². The predicted molar refractivity (Wildman–Crippen MR) is 112 cm³/mol. The van der Waals surface area contributed by atoms with Crippen molar-refractivity contribution in [2.24, 2.45) is 5.92 Å². The normalized spacial score (nSPS) is 24.1. The number of hydrogen-bond acceptors (Lipinski definition) is 2. The van der Waals surface area contributed by atoms with Crippen LogP contribution in [-0.2, 0) is 9.59 Å². The van der Waals surface area contributed by atoms with Crippen LogP contribution in [0.25, 0.3) is 6.08 Å². The summed E-state index contributed by atoms with van der Waals surface area (Å²) in [6.07, 6.45) is 8.63. The van der Waals surface area contributed by atoms with Gasteiger partial charge in [0.25, 0.3) is 0 Å². The summed E-state index contributed by atoms with van der Waals surface area (Å²) in [4.78, 5) is 28.0. The second-order valence-electron chi connectivity index (χ2n) is 7.71. The summed E-state index contributed by atoms with van der Waals surface area (Å²) in [6.45, 7) is 0. The molecule has 2 fully saturated rings. The summed E-state index contributed by atoms with van der Waals surface area (Å²) < 4.78 is 0. The lowest BCUT2D eigenvalue weighted by Gasteiger charge is -2.33. The van der Waals surface area contributed by atoms with Gasteiger partial charge in [-0.05, 0) is 49.0 Å². The monoisotopic (exact) mass is 374 g/mol. The molecule has 4 heteroatoms. The summed E-state index contributed by atoms with van der Waals surface area (Å²) in [5.41, 5.74) is 1.76. The fraction of sp³-hybridized carbons (Fsp3) is 0.333. The van der Waals surface area contributed by atoms with Crippen LogP contribution in [0.2, 0.25) is 0 Å². The molecule has 1 saturated heterocycles. The van der Waals surface area contributed by atoms with Crippen molar-refractivity contribution >= 4 is 23.6 Å². The maximum absolute atomic E-state index is 13.1. The zero-order valence-corrected chi connectivity index (χ0v) is 16.0. The number of likely N-dealkylation sites (tertiary alicyclic amines) is 1. The number of carbonyl (C=O) groups excluding carboxylic acids is 2. The molecule has 1 N–H and O–H groups in total. The lowest BCUT2D eigenvalue weighted by Crippen LogP contribution is -2.47. The van der Waals surface area contributed by atoms with Crippen LogP contribution in [0.1, 0.15) is 37.7 Å². The minimum Gasteiger partial charge on any atom is -0.324 e. The third-order valence-electron chi connectivity index (χ3n) is 5.90. The summed E-state index contributed by atoms with van der Waals surface area (Å²) >= 11 is 0. The maximum Gasteiger partial charge on any atom is 0.247 e. The first-order valence-electron chi connectivity index (χ1n) is 10.1. The molecule has 0 aromatic heterocycles. The van der Waals surface area contributed by atoms with Gasteiger partial charge in [0.05, 0.1) is 0 Å². The number of rotatable bonds is 4. The number of fused-ring (bicyclic) bond motifs is 1. The van der Waals surface area contributed by atoms with Gasteiger partial charge in [-0.3, -0.25) is 9.59 Å². The first-order valence-corrected chi connectivity index (χ1v) is 10.1. The predicted octanol–water partition coefficient (Wildman–Crippen LogP) is 4.50. The van der Waals surface area contributed by atoms with Crippen molar-refractivity contribution in [1.29, 1.82) is 0 Å². The highest BCUT2D eigenvalue weighted by Gasteiger charge is 2.46. The molecule has 2 aliphatic rings. The minimum absolute atomic E-state index is 0.0635. The van der Waals surface area contributed by atoms with E-state index in [1.807, 2.05) is 71.6 Å². The van der Waals surface area contributed by atoms with E-state index in [4.69, 9.17) is 0 Å². The van der Waals surface area contributed by atoms with Crippen LogP contribution in [0.4, 0.5) is 5.69 Å². The van der Waals surface area contributed by atoms with Crippen LogP contribution >= 0.6 is 0 Å². The molecule has 2 amide bonds. The molecular formula is C24H26N2O2. The highest BCUT2D eigenvalue weighted by atomic mass is 16.2. The molecule has 0 bridgehead atoms. The number of benzene rings is 2. The topological polar surface area (TPSA) is 49.4 Å². The summed E-state index contributed by atoms with van der Waals surface area (Å²) in [7, 11) is 0. The zero-order chi connectivity index (χ0) is 19.3. The van der Waals surface area contributed by atoms with E-state index in [-0.39, 0.29) is 17.9 Å². The van der Waals surface area contributed by atoms with Crippen LogP contribution < -0.4 is 5.32 Å². The second-order valence-corrected chi connectivity index (χ2v) is 7.71. The summed E-state index contributed by atoms with van der Waals surface area (Å²) in [5, 5.41) is 3.00. The molecule has 4 rings (SSSR count). The molecule has 3 atom stereocenters. The van der Waals surface area contributed by atoms with Gasteiger partial charge in [0.1, 0.15) is 6.04 Å². The van der Waals surface area contributed by atoms with Gasteiger partial charge < -0.3 is 10.2 Å². The number of para-hydroxylation sites is 1. The van der Waals surface area contributed by atoms with Gasteiger partial charge in [-0.2, -0.15) is 0 Å². The molecule has 28 heavy (non-hydrogen) atoms. The fourth-order valence-electron chi connectivity index (χ4n) is 4.58. The van der Waals surface area contributed by atoms with Crippen LogP contribution in [0.15, 0.2) is 66.7 Å². The van der Waals surface area contributed by atoms with Crippen LogP contribution in [-0.4, -0.2) is 28.8 Å². The molecule has 1 aliphatic carbocycles. The van der Waals surface area contributed by atoms with Crippen molar-refractivity contribution in [2.75, 3.05) is 5.32 Å². The van der Waals surface area contributed by atoms with Gasteiger partial charge in [-0.15, -0.1) is 0 Å². The first-order chi connectivity index (χ1) is 13.7. The van der Waals surface area contributed by atoms with E-state index in [9.17, 15) is 9.59 Å². The summed E-state index contributed by atoms with van der Waals surface area (Å²) in [6, 6.07) is 19.0. The molecule has 1 aliphatic heterocycles. The van der Waals surface area contributed by atoms with Crippen molar-refractivity contribution in [3.8, 4) is 0 Å². The molecule has 0 radical (unpaired) electrons. The van der Waals surface area contributed by atoms with E-state index in [1.165, 1.54) is 6.42 Å². The van der Waals surface area contributed by atoms with Crippen LogP contribution in [0.5, 0.6) is 0 Å². The molecule has 144 valence electrons. The van der Waals surface area contributed by atoms with Crippen molar-refractivity contribution in [1.82, 2.24) is 4.90 Å². The van der Waals surface area contributed by atoms with Gasteiger partial charge in [0.15, 0.2) is 0 Å². The first kappa shape index (κ1) is 18.5. The highest BCUT2D eigenvalue weighted by Crippen LogP contribution is 2.40. The average molecular weight is 374 g/mol. The third-order valence-corrected chi connectivity index (χ3v) is 5.90. The molecule has 3 unspecified atom stereocenters. The van der Waals surface area contributed by atoms with Gasteiger partial charge in [-0.25, -0.2) is 0 Å². The number of nitrogens with one attached hydrogen (secondary N) is 1. The van der Waals surface area contributed by atoms with E-state index in [0.717, 1.165) is 36.9 Å². The van der Waals surface area contributed by atoms with E-state index < -0.39 is 6.04 Å². The Morgan fingerprint density at radius 2 is 1.61 bits per heavy atom. The third kappa shape index (κ3) is 4.01. The van der Waals surface area contributed by atoms with Crippen molar-refractivity contribution in [2.45, 2.75) is 44.2 Å². The van der Waals surface area contributed by atoms with Crippen molar-refractivity contribution in [3.63, 3.8) is 0 Å². The molecular weight excluding hydrogens is 348 g/mol. The standard InChI is InChI=1S/C24H26N2O2/c27-23(16-15-18-9-3-1-4-10-18)26-21-14-8-7-11-19(21)17-22(26)24(28)25-20-12-5-2-6-13-20/h1-6,9-10,12-13,15-16,19,21-22H,7-8,11,14,17H2,(H,25,28). The van der Waals surface area contributed by atoms with Gasteiger partial charge in [-0.1, -0.05) is 61.4 Å². The number of hydrogen-bond donors (Lipinski definition) is 1. The highest BCUT2D eigenvalue weighted by molar-refractivity contribution is 6.00. The van der Waals surface area contributed by atoms with Crippen molar-refractivity contribution < 1.29 is 9.59 Å². The molecule has 0 spiro atoms. The Labute approximate surface area is 166 Å². The molecule has 1 saturated carbocycles. The Balaban J connectivity index is 1.54. The Bertz CT molecular complexity index is 847. The Morgan fingerprint density at radius 1 is 0.929 bits per heavy atom. The van der Waals surface area contributed by atoms with E-state index in [0.29, 0.717) is 5.92 Å². The maximum atomic E-state index is 13.1. The van der Waals surface area contributed by atoms with Gasteiger partial charge in [0, 0.05) is 17.8 Å². The van der Waals surface area contributed by atoms with Crippen LogP contribution in [0.3, 0.4) is 0 Å². The van der Waals surface area contributed by atoms with Gasteiger partial charge in [0.2, 0.25) is 11.8 Å². The second kappa shape index (κ2) is 8.42. The molecule has 2 aromatic rings. The molecule has 2 aromatic carbocycles. The number of nitrogens with zero attached hydrogens (tertiary/aromatic N) is 1. The quantitative estimate of drug-likeness (QED) is 0.801. The fourth-order valence-corrected chi connectivity index (χ4v) is 4.58. The lowest BCUT2D eigenvalue weighted by molar-refractivity contribution is -0.135. The number of carbonyl (C=O) groups is 2. The Kier molecular flexibility index (Phi) is 5.56. The van der Waals surface area contributed by atoms with Crippen LogP contribution in [0, 0.1) is 5.92 Å². The number of anilines is 1. The Morgan fingerprint density at radius 3 is 2.36 bits per heavy atom. The Hall–Kier alpha value is -2.88. The largest absolute Gasteiger partial charge is 0.324 e. The smallest absolute Gasteiger partial charge is 0.247 e. The van der Waals surface area contributed by atoms with E-state index in [1.54, 1.807) is 6.08 Å². The average Bonchev–Trinajstić information content (AvgIpc) is 3.13. The SMILES string of the molecule is O=C(Nc1ccccc1)C1CC2CCCCC2N1C(=O)C=Cc1ccccc1.